The zero-order chi connectivity index (χ0) is 22.4. The molecule has 3 aliphatic rings. The number of rotatable bonds is 5. The summed E-state index contributed by atoms with van der Waals surface area (Å²) in [5.74, 6) is -0.198. The predicted octanol–water partition coefficient (Wildman–Crippen LogP) is 0.140. The van der Waals surface area contributed by atoms with Crippen molar-refractivity contribution in [2.45, 2.75) is 43.7 Å². The third-order valence-corrected chi connectivity index (χ3v) is 7.41. The highest BCUT2D eigenvalue weighted by atomic mass is 16.2. The van der Waals surface area contributed by atoms with Crippen molar-refractivity contribution in [2.75, 3.05) is 39.3 Å². The summed E-state index contributed by atoms with van der Waals surface area (Å²) in [5, 5.41) is 2.36. The van der Waals surface area contributed by atoms with E-state index in [-0.39, 0.29) is 18.0 Å². The molecule has 9 nitrogen and oxygen atoms in total. The predicted molar refractivity (Wildman–Crippen MR) is 121 cm³/mol. The maximum Gasteiger partial charge on any atom is 0.329 e. The van der Waals surface area contributed by atoms with Gasteiger partial charge in [-0.3, -0.25) is 28.9 Å². The number of aryl methyl sites for hydroxylation is 1. The van der Waals surface area contributed by atoms with Gasteiger partial charge in [0.25, 0.3) is 0 Å². The van der Waals surface area contributed by atoms with Gasteiger partial charge in [-0.1, -0.05) is 6.07 Å². The number of nitrogens with two attached hydrogens (primary N) is 1. The number of nitrogens with one attached hydrogen (secondary N) is 1. The number of carbonyl (C=O) groups excluding carboxylic acids is 2. The van der Waals surface area contributed by atoms with E-state index in [2.05, 4.69) is 27.2 Å². The number of imide groups is 1. The summed E-state index contributed by atoms with van der Waals surface area (Å²) >= 11 is 0. The molecule has 0 radical (unpaired) electrons. The molecular formula is C23H32N6O3. The van der Waals surface area contributed by atoms with E-state index in [0.717, 1.165) is 63.1 Å². The Balaban J connectivity index is 1.29. The summed E-state index contributed by atoms with van der Waals surface area (Å²) < 4.78 is 3.17. The molecule has 32 heavy (non-hydrogen) atoms. The van der Waals surface area contributed by atoms with E-state index in [1.807, 2.05) is 6.07 Å². The Kier molecular flexibility index (Phi) is 5.65. The first-order valence-corrected chi connectivity index (χ1v) is 11.7. The minimum absolute atomic E-state index is 0.216. The number of nitrogens with zero attached hydrogens (tertiary/aromatic N) is 4. The van der Waals surface area contributed by atoms with E-state index in [9.17, 15) is 14.4 Å². The third kappa shape index (κ3) is 3.89. The minimum atomic E-state index is -0.640. The van der Waals surface area contributed by atoms with Gasteiger partial charge >= 0.3 is 5.69 Å². The molecule has 0 bridgehead atoms. The molecule has 9 heteroatoms. The highest BCUT2D eigenvalue weighted by Crippen LogP contribution is 2.31. The molecule has 1 aromatic carbocycles. The zero-order valence-electron chi connectivity index (χ0n) is 18.6. The highest BCUT2D eigenvalue weighted by Gasteiger charge is 2.31. The van der Waals surface area contributed by atoms with Gasteiger partial charge in [-0.2, -0.15) is 0 Å². The fourth-order valence-corrected chi connectivity index (χ4v) is 5.43. The molecule has 3 N–H and O–H groups in total. The first-order valence-electron chi connectivity index (χ1n) is 11.7. The SMILES string of the molecule is Cn1c(=O)n(C2CCC(=O)NC2=O)c2ccc(C3CCN(CCN4CC(N)C4)CC3)cc21. The average Bonchev–Trinajstić information content (AvgIpc) is 3.01. The molecule has 172 valence electrons. The summed E-state index contributed by atoms with van der Waals surface area (Å²) in [5.41, 5.74) is 8.49. The molecular weight excluding hydrogens is 408 g/mol. The molecule has 4 heterocycles. The second-order valence-electron chi connectivity index (χ2n) is 9.56. The van der Waals surface area contributed by atoms with Gasteiger partial charge in [0.15, 0.2) is 0 Å². The number of hydrogen-bond acceptors (Lipinski definition) is 6. The van der Waals surface area contributed by atoms with Crippen LogP contribution in [0.1, 0.15) is 43.2 Å². The Labute approximate surface area is 187 Å². The lowest BCUT2D eigenvalue weighted by atomic mass is 9.89. The van der Waals surface area contributed by atoms with Crippen LogP contribution >= 0.6 is 0 Å². The van der Waals surface area contributed by atoms with Crippen molar-refractivity contribution in [3.63, 3.8) is 0 Å². The Bertz CT molecular complexity index is 1090. The zero-order valence-corrected chi connectivity index (χ0v) is 18.6. The third-order valence-electron chi connectivity index (χ3n) is 7.41. The maximum absolute atomic E-state index is 13.0. The van der Waals surface area contributed by atoms with E-state index < -0.39 is 11.9 Å². The summed E-state index contributed by atoms with van der Waals surface area (Å²) in [6, 6.07) is 5.90. The van der Waals surface area contributed by atoms with Crippen LogP contribution in [0.25, 0.3) is 11.0 Å². The number of amides is 2. The standard InChI is InChI=1S/C23H32N6O3/c1-26-20-12-16(15-6-8-27(9-7-15)10-11-28-13-17(24)14-28)2-3-18(20)29(23(26)32)19-4-5-21(30)25-22(19)31/h2-3,12,15,17,19H,4-11,13-14,24H2,1H3,(H,25,30,31). The molecule has 0 aliphatic carbocycles. The molecule has 0 spiro atoms. The Morgan fingerprint density at radius 2 is 1.72 bits per heavy atom. The van der Waals surface area contributed by atoms with Gasteiger partial charge in [0.2, 0.25) is 11.8 Å². The number of piperidine rings is 2. The lowest BCUT2D eigenvalue weighted by Crippen LogP contribution is -2.57. The van der Waals surface area contributed by atoms with Crippen LogP contribution in [-0.2, 0) is 16.6 Å². The van der Waals surface area contributed by atoms with Crippen molar-refractivity contribution >= 4 is 22.8 Å². The van der Waals surface area contributed by atoms with Crippen LogP contribution in [0, 0.1) is 0 Å². The molecule has 1 unspecified atom stereocenters. The van der Waals surface area contributed by atoms with Crippen LogP contribution in [0.3, 0.4) is 0 Å². The van der Waals surface area contributed by atoms with Crippen LogP contribution in [0.15, 0.2) is 23.0 Å². The van der Waals surface area contributed by atoms with Gasteiger partial charge in [0.05, 0.1) is 11.0 Å². The fraction of sp³-hybridized carbons (Fsp3) is 0.609. The summed E-state index contributed by atoms with van der Waals surface area (Å²) in [4.78, 5) is 41.8. The second-order valence-corrected chi connectivity index (χ2v) is 9.56. The number of likely N-dealkylation sites (tertiary alicyclic amines) is 2. The summed E-state index contributed by atoms with van der Waals surface area (Å²) in [6.07, 6.45) is 2.81. The van der Waals surface area contributed by atoms with Crippen molar-refractivity contribution < 1.29 is 9.59 Å². The van der Waals surface area contributed by atoms with Crippen molar-refractivity contribution in [1.82, 2.24) is 24.3 Å². The first-order chi connectivity index (χ1) is 15.4. The van der Waals surface area contributed by atoms with Crippen molar-refractivity contribution in [3.05, 3.63) is 34.2 Å². The van der Waals surface area contributed by atoms with E-state index in [4.69, 9.17) is 5.73 Å². The molecule has 1 aromatic heterocycles. The van der Waals surface area contributed by atoms with Crippen LogP contribution in [-0.4, -0.2) is 76.1 Å². The molecule has 0 saturated carbocycles. The largest absolute Gasteiger partial charge is 0.329 e. The number of benzene rings is 1. The monoisotopic (exact) mass is 440 g/mol. The van der Waals surface area contributed by atoms with Gasteiger partial charge in [-0.25, -0.2) is 4.79 Å². The van der Waals surface area contributed by atoms with Crippen molar-refractivity contribution in [1.29, 1.82) is 0 Å². The second kappa shape index (κ2) is 8.46. The van der Waals surface area contributed by atoms with E-state index in [1.54, 1.807) is 16.2 Å². The smallest absolute Gasteiger partial charge is 0.325 e. The molecule has 1 atom stereocenters. The average molecular weight is 441 g/mol. The van der Waals surface area contributed by atoms with Gasteiger partial charge in [0, 0.05) is 45.7 Å². The minimum Gasteiger partial charge on any atom is -0.325 e. The van der Waals surface area contributed by atoms with Crippen LogP contribution in [0.5, 0.6) is 0 Å². The first kappa shape index (κ1) is 21.4. The van der Waals surface area contributed by atoms with E-state index in [0.29, 0.717) is 18.4 Å². The Morgan fingerprint density at radius 3 is 2.41 bits per heavy atom. The van der Waals surface area contributed by atoms with E-state index >= 15 is 0 Å². The molecule has 2 amide bonds. The highest BCUT2D eigenvalue weighted by molar-refractivity contribution is 6.00. The molecule has 3 saturated heterocycles. The van der Waals surface area contributed by atoms with Gasteiger partial charge in [-0.15, -0.1) is 0 Å². The molecule has 5 rings (SSSR count). The number of aromatic nitrogens is 2. The molecule has 2 aromatic rings. The summed E-state index contributed by atoms with van der Waals surface area (Å²) in [6.45, 7) is 6.40. The van der Waals surface area contributed by atoms with Crippen molar-refractivity contribution in [2.24, 2.45) is 12.8 Å². The van der Waals surface area contributed by atoms with Crippen LogP contribution < -0.4 is 16.7 Å². The molecule has 3 fully saturated rings. The topological polar surface area (TPSA) is 106 Å². The summed E-state index contributed by atoms with van der Waals surface area (Å²) in [7, 11) is 1.75. The maximum atomic E-state index is 13.0. The van der Waals surface area contributed by atoms with Gasteiger partial charge < -0.3 is 10.6 Å². The van der Waals surface area contributed by atoms with Crippen LogP contribution in [0.4, 0.5) is 0 Å². The number of fused-ring (bicyclic) bond motifs is 1. The van der Waals surface area contributed by atoms with Crippen molar-refractivity contribution in [3.8, 4) is 0 Å². The van der Waals surface area contributed by atoms with Gasteiger partial charge in [0.1, 0.15) is 6.04 Å². The number of imidazole rings is 1. The van der Waals surface area contributed by atoms with E-state index in [1.165, 1.54) is 5.56 Å². The lowest BCUT2D eigenvalue weighted by molar-refractivity contribution is -0.135. The number of carbonyl (C=O) groups is 2. The van der Waals surface area contributed by atoms with Crippen LogP contribution in [0.2, 0.25) is 0 Å². The number of hydrogen-bond donors (Lipinski definition) is 2. The quantitative estimate of drug-likeness (QED) is 0.641. The Morgan fingerprint density at radius 1 is 1.00 bits per heavy atom. The van der Waals surface area contributed by atoms with Gasteiger partial charge in [-0.05, 0) is 56.0 Å². The normalized spacial score (nSPS) is 24.1. The fourth-order valence-electron chi connectivity index (χ4n) is 5.43. The molecule has 3 aliphatic heterocycles. The Hall–Kier alpha value is -2.49. The lowest BCUT2D eigenvalue weighted by Gasteiger charge is -2.39.